The van der Waals surface area contributed by atoms with Gasteiger partial charge in [-0.05, 0) is 25.1 Å². The van der Waals surface area contributed by atoms with E-state index in [-0.39, 0.29) is 16.3 Å². The molecule has 3 N–H and O–H groups in total. The molecule has 0 radical (unpaired) electrons. The fraction of sp³-hybridized carbons (Fsp3) is 0.400. The SMILES string of the molecule is CC(Sc1nnc(C(C)(C)C)n1N)C(=O)Nc1ccc(F)cc1Cl. The number of benzene rings is 1. The first-order valence-corrected chi connectivity index (χ1v) is 8.49. The second-order valence-corrected chi connectivity index (χ2v) is 8.01. The van der Waals surface area contributed by atoms with Crippen LogP contribution in [0, 0.1) is 5.82 Å². The lowest BCUT2D eigenvalue weighted by molar-refractivity contribution is -0.115. The molecule has 1 unspecified atom stereocenters. The number of aromatic nitrogens is 3. The minimum atomic E-state index is -0.495. The Labute approximate surface area is 148 Å². The van der Waals surface area contributed by atoms with Crippen LogP contribution in [0.3, 0.4) is 0 Å². The van der Waals surface area contributed by atoms with Crippen molar-refractivity contribution in [3.8, 4) is 0 Å². The Morgan fingerprint density at radius 3 is 2.62 bits per heavy atom. The lowest BCUT2D eigenvalue weighted by Crippen LogP contribution is -2.26. The summed E-state index contributed by atoms with van der Waals surface area (Å²) in [5.41, 5.74) is 0.0911. The lowest BCUT2D eigenvalue weighted by atomic mass is 9.96. The van der Waals surface area contributed by atoms with Gasteiger partial charge < -0.3 is 11.2 Å². The molecule has 24 heavy (non-hydrogen) atoms. The van der Waals surface area contributed by atoms with Crippen molar-refractivity contribution in [1.82, 2.24) is 14.9 Å². The summed E-state index contributed by atoms with van der Waals surface area (Å²) in [6.07, 6.45) is 0. The first-order chi connectivity index (χ1) is 11.1. The Kier molecular flexibility index (Phi) is 5.39. The van der Waals surface area contributed by atoms with Crippen LogP contribution in [-0.4, -0.2) is 26.0 Å². The molecule has 0 spiro atoms. The van der Waals surface area contributed by atoms with Gasteiger partial charge in [-0.3, -0.25) is 4.79 Å². The fourth-order valence-electron chi connectivity index (χ4n) is 1.91. The van der Waals surface area contributed by atoms with E-state index in [0.717, 1.165) is 6.07 Å². The topological polar surface area (TPSA) is 85.8 Å². The normalized spacial score (nSPS) is 12.9. The molecule has 1 amide bonds. The zero-order valence-corrected chi connectivity index (χ0v) is 15.4. The Morgan fingerprint density at radius 2 is 2.08 bits per heavy atom. The van der Waals surface area contributed by atoms with Crippen LogP contribution in [0.5, 0.6) is 0 Å². The molecular weight excluding hydrogens is 353 g/mol. The van der Waals surface area contributed by atoms with Gasteiger partial charge in [0.15, 0.2) is 5.82 Å². The van der Waals surface area contributed by atoms with Crippen molar-refractivity contribution in [2.45, 2.75) is 43.5 Å². The number of halogens is 2. The van der Waals surface area contributed by atoms with Crippen LogP contribution in [0.15, 0.2) is 23.4 Å². The van der Waals surface area contributed by atoms with Crippen molar-refractivity contribution in [2.75, 3.05) is 11.2 Å². The molecule has 2 rings (SSSR count). The maximum atomic E-state index is 13.0. The van der Waals surface area contributed by atoms with Crippen molar-refractivity contribution >= 4 is 35.0 Å². The minimum absolute atomic E-state index is 0.137. The fourth-order valence-corrected chi connectivity index (χ4v) is 2.89. The molecular formula is C15H19ClFN5OS. The third-order valence-electron chi connectivity index (χ3n) is 3.18. The monoisotopic (exact) mass is 371 g/mol. The predicted octanol–water partition coefficient (Wildman–Crippen LogP) is 3.20. The second kappa shape index (κ2) is 6.98. The zero-order valence-electron chi connectivity index (χ0n) is 13.8. The summed E-state index contributed by atoms with van der Waals surface area (Å²) in [5, 5.41) is 10.9. The largest absolute Gasteiger partial charge is 0.336 e. The number of anilines is 1. The van der Waals surface area contributed by atoms with Crippen molar-refractivity contribution in [3.63, 3.8) is 0 Å². The number of nitrogens with zero attached hydrogens (tertiary/aromatic N) is 3. The number of nitrogens with two attached hydrogens (primary N) is 1. The summed E-state index contributed by atoms with van der Waals surface area (Å²) in [7, 11) is 0. The van der Waals surface area contributed by atoms with E-state index in [0.29, 0.717) is 16.7 Å². The molecule has 1 aromatic heterocycles. The van der Waals surface area contributed by atoms with E-state index in [2.05, 4.69) is 15.5 Å². The van der Waals surface area contributed by atoms with E-state index in [1.807, 2.05) is 20.8 Å². The zero-order chi connectivity index (χ0) is 18.1. The molecule has 6 nitrogen and oxygen atoms in total. The molecule has 0 bridgehead atoms. The van der Waals surface area contributed by atoms with Gasteiger partial charge in [0.05, 0.1) is 16.0 Å². The first-order valence-electron chi connectivity index (χ1n) is 7.23. The smallest absolute Gasteiger partial charge is 0.237 e. The first kappa shape index (κ1) is 18.5. The van der Waals surface area contributed by atoms with Gasteiger partial charge >= 0.3 is 0 Å². The van der Waals surface area contributed by atoms with Crippen LogP contribution >= 0.6 is 23.4 Å². The lowest BCUT2D eigenvalue weighted by Gasteiger charge is -2.17. The highest BCUT2D eigenvalue weighted by Crippen LogP contribution is 2.27. The van der Waals surface area contributed by atoms with Gasteiger partial charge in [0, 0.05) is 5.41 Å². The van der Waals surface area contributed by atoms with Crippen LogP contribution in [0.2, 0.25) is 5.02 Å². The van der Waals surface area contributed by atoms with E-state index in [1.165, 1.54) is 28.6 Å². The van der Waals surface area contributed by atoms with Crippen molar-refractivity contribution in [2.24, 2.45) is 0 Å². The van der Waals surface area contributed by atoms with Crippen LogP contribution < -0.4 is 11.2 Å². The molecule has 130 valence electrons. The summed E-state index contributed by atoms with van der Waals surface area (Å²) in [6.45, 7) is 7.63. The Bertz CT molecular complexity index is 759. The van der Waals surface area contributed by atoms with E-state index in [1.54, 1.807) is 6.92 Å². The molecule has 1 heterocycles. The van der Waals surface area contributed by atoms with Gasteiger partial charge in [-0.15, -0.1) is 10.2 Å². The average Bonchev–Trinajstić information content (AvgIpc) is 2.83. The highest BCUT2D eigenvalue weighted by molar-refractivity contribution is 8.00. The summed E-state index contributed by atoms with van der Waals surface area (Å²) in [4.78, 5) is 12.3. The Balaban J connectivity index is 2.08. The van der Waals surface area contributed by atoms with E-state index < -0.39 is 11.1 Å². The van der Waals surface area contributed by atoms with Crippen LogP contribution in [0.1, 0.15) is 33.5 Å². The molecule has 0 aliphatic carbocycles. The highest BCUT2D eigenvalue weighted by Gasteiger charge is 2.25. The average molecular weight is 372 g/mol. The molecule has 0 fully saturated rings. The molecule has 0 saturated carbocycles. The van der Waals surface area contributed by atoms with Crippen LogP contribution in [0.4, 0.5) is 10.1 Å². The molecule has 2 aromatic rings. The summed E-state index contributed by atoms with van der Waals surface area (Å²) < 4.78 is 14.4. The van der Waals surface area contributed by atoms with Gasteiger partial charge in [0.2, 0.25) is 11.1 Å². The maximum Gasteiger partial charge on any atom is 0.237 e. The highest BCUT2D eigenvalue weighted by atomic mass is 35.5. The number of carbonyl (C=O) groups excluding carboxylic acids is 1. The molecule has 9 heteroatoms. The van der Waals surface area contributed by atoms with Crippen molar-refractivity contribution in [3.05, 3.63) is 34.9 Å². The molecule has 0 aliphatic rings. The van der Waals surface area contributed by atoms with Gasteiger partial charge in [0.25, 0.3) is 0 Å². The number of hydrogen-bond acceptors (Lipinski definition) is 5. The number of amides is 1. The molecule has 0 saturated heterocycles. The van der Waals surface area contributed by atoms with Gasteiger partial charge in [0.1, 0.15) is 5.82 Å². The Hall–Kier alpha value is -1.80. The summed E-state index contributed by atoms with van der Waals surface area (Å²) >= 11 is 7.09. The van der Waals surface area contributed by atoms with E-state index >= 15 is 0 Å². The van der Waals surface area contributed by atoms with E-state index in [4.69, 9.17) is 17.4 Å². The molecule has 1 aromatic carbocycles. The predicted molar refractivity (Wildman–Crippen MR) is 94.2 cm³/mol. The van der Waals surface area contributed by atoms with Gasteiger partial charge in [-0.1, -0.05) is 44.1 Å². The van der Waals surface area contributed by atoms with Crippen molar-refractivity contribution < 1.29 is 9.18 Å². The molecule has 1 atom stereocenters. The number of nitrogen functional groups attached to an aromatic ring is 1. The Morgan fingerprint density at radius 1 is 1.42 bits per heavy atom. The number of nitrogens with one attached hydrogen (secondary N) is 1. The van der Waals surface area contributed by atoms with Crippen LogP contribution in [0.25, 0.3) is 0 Å². The number of rotatable bonds is 4. The van der Waals surface area contributed by atoms with E-state index in [9.17, 15) is 9.18 Å². The minimum Gasteiger partial charge on any atom is -0.336 e. The summed E-state index contributed by atoms with van der Waals surface area (Å²) in [6, 6.07) is 3.78. The summed E-state index contributed by atoms with van der Waals surface area (Å²) in [5.74, 6) is 5.87. The van der Waals surface area contributed by atoms with Gasteiger partial charge in [-0.25, -0.2) is 9.07 Å². The third kappa shape index (κ3) is 4.18. The second-order valence-electron chi connectivity index (χ2n) is 6.30. The van der Waals surface area contributed by atoms with Crippen LogP contribution in [-0.2, 0) is 10.2 Å². The van der Waals surface area contributed by atoms with Gasteiger partial charge in [-0.2, -0.15) is 0 Å². The standard InChI is InChI=1S/C15H19ClFN5OS/c1-8(12(23)19-11-6-5-9(17)7-10(11)16)24-14-21-20-13(22(14)18)15(2,3)4/h5-8H,18H2,1-4H3,(H,19,23). The quantitative estimate of drug-likeness (QED) is 0.636. The molecule has 0 aliphatic heterocycles. The number of thioether (sulfide) groups is 1. The third-order valence-corrected chi connectivity index (χ3v) is 4.55. The number of hydrogen-bond donors (Lipinski definition) is 2. The van der Waals surface area contributed by atoms with Crippen molar-refractivity contribution in [1.29, 1.82) is 0 Å². The number of carbonyl (C=O) groups is 1. The maximum absolute atomic E-state index is 13.0.